The van der Waals surface area contributed by atoms with Crippen LogP contribution >= 0.6 is 0 Å². The number of rotatable bonds is 3. The number of aryl methyl sites for hydroxylation is 1. The molecule has 0 heterocycles. The normalized spacial score (nSPS) is 18.4. The number of aliphatic hydroxyl groups is 1. The number of benzene rings is 1. The van der Waals surface area contributed by atoms with Gasteiger partial charge in [0.1, 0.15) is 11.6 Å². The first-order valence-electron chi connectivity index (χ1n) is 5.92. The van der Waals surface area contributed by atoms with E-state index in [0.29, 0.717) is 0 Å². The van der Waals surface area contributed by atoms with Crippen molar-refractivity contribution in [3.8, 4) is 0 Å². The summed E-state index contributed by atoms with van der Waals surface area (Å²) < 4.78 is 26.8. The summed E-state index contributed by atoms with van der Waals surface area (Å²) in [5.74, 6) is -0.919. The Balaban J connectivity index is 2.06. The summed E-state index contributed by atoms with van der Waals surface area (Å²) in [6.45, 7) is 1.79. The molecule has 1 aromatic rings. The van der Waals surface area contributed by atoms with Crippen molar-refractivity contribution in [2.24, 2.45) is 0 Å². The third kappa shape index (κ3) is 2.75. The molecule has 94 valence electrons. The van der Waals surface area contributed by atoms with Crippen LogP contribution in [-0.2, 0) is 0 Å². The van der Waals surface area contributed by atoms with E-state index in [1.165, 1.54) is 6.92 Å². The smallest absolute Gasteiger partial charge is 0.146 e. The van der Waals surface area contributed by atoms with Gasteiger partial charge in [0.15, 0.2) is 0 Å². The third-order valence-corrected chi connectivity index (χ3v) is 3.39. The summed E-state index contributed by atoms with van der Waals surface area (Å²) >= 11 is 0. The van der Waals surface area contributed by atoms with Crippen LogP contribution in [0.5, 0.6) is 0 Å². The van der Waals surface area contributed by atoms with E-state index in [0.717, 1.165) is 37.8 Å². The number of anilines is 1. The van der Waals surface area contributed by atoms with E-state index in [2.05, 4.69) is 5.32 Å². The quantitative estimate of drug-likeness (QED) is 0.852. The molecule has 1 fully saturated rings. The van der Waals surface area contributed by atoms with Gasteiger partial charge in [0.25, 0.3) is 0 Å². The van der Waals surface area contributed by atoms with Crippen LogP contribution in [0.2, 0.25) is 0 Å². The summed E-state index contributed by atoms with van der Waals surface area (Å²) in [6.07, 6.45) is 3.41. The molecule has 0 atom stereocenters. The van der Waals surface area contributed by atoms with Crippen LogP contribution in [0, 0.1) is 18.6 Å². The van der Waals surface area contributed by atoms with E-state index in [1.54, 1.807) is 0 Å². The van der Waals surface area contributed by atoms with Gasteiger partial charge in [-0.05, 0) is 31.4 Å². The summed E-state index contributed by atoms with van der Waals surface area (Å²) in [6, 6.07) is 2.30. The Labute approximate surface area is 99.7 Å². The summed E-state index contributed by atoms with van der Waals surface area (Å²) in [5, 5.41) is 12.9. The number of hydrogen-bond acceptors (Lipinski definition) is 2. The van der Waals surface area contributed by atoms with E-state index in [4.69, 9.17) is 0 Å². The zero-order valence-corrected chi connectivity index (χ0v) is 9.89. The predicted octanol–water partition coefficient (Wildman–Crippen LogP) is 2.99. The van der Waals surface area contributed by atoms with E-state index in [1.807, 2.05) is 0 Å². The second kappa shape index (κ2) is 4.61. The van der Waals surface area contributed by atoms with E-state index in [-0.39, 0.29) is 17.8 Å². The van der Waals surface area contributed by atoms with Gasteiger partial charge >= 0.3 is 0 Å². The molecule has 2 N–H and O–H groups in total. The van der Waals surface area contributed by atoms with Crippen molar-refractivity contribution in [2.75, 3.05) is 11.9 Å². The lowest BCUT2D eigenvalue weighted by Crippen LogP contribution is -2.33. The lowest BCUT2D eigenvalue weighted by Gasteiger charge is -2.23. The van der Waals surface area contributed by atoms with Crippen molar-refractivity contribution in [1.29, 1.82) is 0 Å². The van der Waals surface area contributed by atoms with E-state index >= 15 is 0 Å². The highest BCUT2D eigenvalue weighted by Gasteiger charge is 2.30. The third-order valence-electron chi connectivity index (χ3n) is 3.39. The molecule has 4 heteroatoms. The van der Waals surface area contributed by atoms with Gasteiger partial charge in [0, 0.05) is 12.6 Å². The van der Waals surface area contributed by atoms with Crippen molar-refractivity contribution in [3.05, 3.63) is 29.3 Å². The second-order valence-electron chi connectivity index (χ2n) is 4.87. The van der Waals surface area contributed by atoms with E-state index in [9.17, 15) is 13.9 Å². The summed E-state index contributed by atoms with van der Waals surface area (Å²) in [4.78, 5) is 0. The van der Waals surface area contributed by atoms with Crippen LogP contribution in [0.15, 0.2) is 12.1 Å². The predicted molar refractivity (Wildman–Crippen MR) is 63.0 cm³/mol. The molecule has 0 amide bonds. The Hall–Kier alpha value is -1.16. The van der Waals surface area contributed by atoms with Gasteiger partial charge in [-0.1, -0.05) is 12.8 Å². The topological polar surface area (TPSA) is 32.3 Å². The first-order valence-corrected chi connectivity index (χ1v) is 5.92. The minimum Gasteiger partial charge on any atom is -0.388 e. The molecule has 0 aromatic heterocycles. The van der Waals surface area contributed by atoms with Gasteiger partial charge in [-0.2, -0.15) is 0 Å². The SMILES string of the molecule is Cc1cc(F)c(NCC2(O)CCCC2)cc1F. The summed E-state index contributed by atoms with van der Waals surface area (Å²) in [7, 11) is 0. The lowest BCUT2D eigenvalue weighted by atomic mass is 10.0. The van der Waals surface area contributed by atoms with Crippen molar-refractivity contribution in [1.82, 2.24) is 0 Å². The fourth-order valence-corrected chi connectivity index (χ4v) is 2.25. The van der Waals surface area contributed by atoms with Crippen LogP contribution in [-0.4, -0.2) is 17.3 Å². The molecule has 2 nitrogen and oxygen atoms in total. The molecule has 1 aromatic carbocycles. The Morgan fingerprint density at radius 2 is 1.88 bits per heavy atom. The van der Waals surface area contributed by atoms with Crippen LogP contribution in [0.25, 0.3) is 0 Å². The highest BCUT2D eigenvalue weighted by Crippen LogP contribution is 2.30. The number of hydrogen-bond donors (Lipinski definition) is 2. The van der Waals surface area contributed by atoms with Gasteiger partial charge < -0.3 is 10.4 Å². The van der Waals surface area contributed by atoms with Crippen LogP contribution in [0.3, 0.4) is 0 Å². The first kappa shape index (κ1) is 12.3. The largest absolute Gasteiger partial charge is 0.388 e. The van der Waals surface area contributed by atoms with Crippen molar-refractivity contribution >= 4 is 5.69 Å². The molecule has 0 spiro atoms. The molecule has 0 bridgehead atoms. The maximum absolute atomic E-state index is 13.5. The van der Waals surface area contributed by atoms with Crippen molar-refractivity contribution in [3.63, 3.8) is 0 Å². The molecular weight excluding hydrogens is 224 g/mol. The van der Waals surface area contributed by atoms with Crippen molar-refractivity contribution < 1.29 is 13.9 Å². The molecule has 1 aliphatic rings. The molecule has 17 heavy (non-hydrogen) atoms. The zero-order chi connectivity index (χ0) is 12.5. The number of nitrogens with one attached hydrogen (secondary N) is 1. The van der Waals surface area contributed by atoms with Gasteiger partial charge in [0.05, 0.1) is 11.3 Å². The molecule has 1 aliphatic carbocycles. The lowest BCUT2D eigenvalue weighted by molar-refractivity contribution is 0.0614. The Morgan fingerprint density at radius 3 is 2.53 bits per heavy atom. The monoisotopic (exact) mass is 241 g/mol. The number of halogens is 2. The first-order chi connectivity index (χ1) is 8.00. The molecule has 1 saturated carbocycles. The maximum atomic E-state index is 13.5. The van der Waals surface area contributed by atoms with Gasteiger partial charge in [-0.25, -0.2) is 8.78 Å². The van der Waals surface area contributed by atoms with Crippen molar-refractivity contribution in [2.45, 2.75) is 38.2 Å². The summed E-state index contributed by atoms with van der Waals surface area (Å²) in [5.41, 5.74) is -0.366. The molecule has 0 aliphatic heterocycles. The minimum absolute atomic E-state index is 0.119. The Morgan fingerprint density at radius 1 is 1.24 bits per heavy atom. The molecule has 2 rings (SSSR count). The van der Waals surface area contributed by atoms with Gasteiger partial charge in [0.2, 0.25) is 0 Å². The standard InChI is InChI=1S/C13H17F2NO/c1-9-6-11(15)12(7-10(9)14)16-8-13(17)4-2-3-5-13/h6-7,16-17H,2-5,8H2,1H3. The molecule has 0 unspecified atom stereocenters. The minimum atomic E-state index is -0.770. The average Bonchev–Trinajstić information content (AvgIpc) is 2.69. The van der Waals surface area contributed by atoms with Crippen LogP contribution in [0.1, 0.15) is 31.2 Å². The average molecular weight is 241 g/mol. The Kier molecular flexibility index (Phi) is 3.33. The van der Waals surface area contributed by atoms with Crippen LogP contribution in [0.4, 0.5) is 14.5 Å². The Bertz CT molecular complexity index is 414. The fourth-order valence-electron chi connectivity index (χ4n) is 2.25. The second-order valence-corrected chi connectivity index (χ2v) is 4.87. The van der Waals surface area contributed by atoms with E-state index < -0.39 is 17.2 Å². The highest BCUT2D eigenvalue weighted by molar-refractivity contribution is 5.47. The fraction of sp³-hybridized carbons (Fsp3) is 0.538. The van der Waals surface area contributed by atoms with Gasteiger partial charge in [-0.3, -0.25) is 0 Å². The highest BCUT2D eigenvalue weighted by atomic mass is 19.1. The molecular formula is C13H17F2NO. The van der Waals surface area contributed by atoms with Crippen LogP contribution < -0.4 is 5.32 Å². The van der Waals surface area contributed by atoms with Gasteiger partial charge in [-0.15, -0.1) is 0 Å². The zero-order valence-electron chi connectivity index (χ0n) is 9.89. The molecule has 0 radical (unpaired) electrons. The maximum Gasteiger partial charge on any atom is 0.146 e. The molecule has 0 saturated heterocycles.